The maximum absolute atomic E-state index is 11.4. The van der Waals surface area contributed by atoms with Gasteiger partial charge in [0.05, 0.1) is 0 Å². The molecule has 23 heavy (non-hydrogen) atoms. The van der Waals surface area contributed by atoms with Crippen LogP contribution in [0.5, 0.6) is 0 Å². The van der Waals surface area contributed by atoms with Gasteiger partial charge in [-0.05, 0) is 66.8 Å². The first-order valence-corrected chi connectivity index (χ1v) is 8.29. The Hall–Kier alpha value is -0.786. The van der Waals surface area contributed by atoms with E-state index in [1.807, 2.05) is 12.1 Å². The van der Waals surface area contributed by atoms with Crippen LogP contribution in [0.2, 0.25) is 0 Å². The van der Waals surface area contributed by atoms with Gasteiger partial charge in [0.25, 0.3) is 0 Å². The van der Waals surface area contributed by atoms with Crippen LogP contribution in [0, 0.1) is 6.92 Å². The molecule has 2 heteroatoms. The average molecular weight is 380 g/mol. The van der Waals surface area contributed by atoms with Crippen LogP contribution in [-0.2, 0) is 58.4 Å². The number of rotatable bonds is 2. The summed E-state index contributed by atoms with van der Waals surface area (Å²) in [6.07, 6.45) is 7.86. The molecule has 2 aromatic rings. The molecule has 1 radical (unpaired) electrons. The Kier molecular flexibility index (Phi) is 7.18. The number of ketones is 1. The minimum Gasteiger partial charge on any atom is -0.336 e. The maximum Gasteiger partial charge on any atom is 0.133 e. The molecule has 0 spiro atoms. The van der Waals surface area contributed by atoms with Gasteiger partial charge >= 0.3 is 0 Å². The quantitative estimate of drug-likeness (QED) is 0.543. The van der Waals surface area contributed by atoms with E-state index < -0.39 is 0 Å². The normalized spacial score (nSPS) is 14.1. The first-order chi connectivity index (χ1) is 10.8. The molecule has 0 heterocycles. The van der Waals surface area contributed by atoms with Crippen LogP contribution >= 0.6 is 0 Å². The number of Topliss-reactive ketones (excluding diaryl/α,β-unsaturated/α-hetero) is 1. The van der Waals surface area contributed by atoms with Gasteiger partial charge in [0.1, 0.15) is 5.78 Å². The number of hydrogen-bond acceptors (Lipinski definition) is 1. The third-order valence-electron chi connectivity index (χ3n) is 4.66. The van der Waals surface area contributed by atoms with Gasteiger partial charge in [-0.3, -0.25) is 4.79 Å². The molecule has 0 fully saturated rings. The fraction of sp³-hybridized carbons (Fsp3) is 0.333. The Morgan fingerprint density at radius 1 is 0.826 bits per heavy atom. The molecule has 0 N–H and O–H groups in total. The van der Waals surface area contributed by atoms with Gasteiger partial charge in [-0.1, -0.05) is 36.4 Å². The van der Waals surface area contributed by atoms with E-state index in [0.29, 0.717) is 6.42 Å². The van der Waals surface area contributed by atoms with Gasteiger partial charge in [-0.2, -0.15) is 0 Å². The van der Waals surface area contributed by atoms with E-state index in [0.717, 1.165) is 12.0 Å². The van der Waals surface area contributed by atoms with E-state index in [2.05, 4.69) is 37.3 Å². The topological polar surface area (TPSA) is 17.1 Å². The molecule has 0 aromatic heterocycles. The predicted molar refractivity (Wildman–Crippen MR) is 91.2 cm³/mol. The molecule has 0 unspecified atom stereocenters. The Morgan fingerprint density at radius 2 is 1.35 bits per heavy atom. The first kappa shape index (κ1) is 18.6. The predicted octanol–water partition coefficient (Wildman–Crippen LogP) is 4.75. The van der Waals surface area contributed by atoms with E-state index in [4.69, 9.17) is 0 Å². The molecular formula is C21H23OY-. The van der Waals surface area contributed by atoms with Crippen LogP contribution < -0.4 is 0 Å². The van der Waals surface area contributed by atoms with Gasteiger partial charge in [0, 0.05) is 38.3 Å². The van der Waals surface area contributed by atoms with E-state index in [-0.39, 0.29) is 38.5 Å². The number of carbonyl (C=O) groups excluding carboxylic acids is 1. The van der Waals surface area contributed by atoms with Crippen LogP contribution in [0.3, 0.4) is 0 Å². The van der Waals surface area contributed by atoms with Crippen molar-refractivity contribution in [2.75, 3.05) is 0 Å². The summed E-state index contributed by atoms with van der Waals surface area (Å²) < 4.78 is 0. The largest absolute Gasteiger partial charge is 0.336 e. The molecule has 2 aliphatic rings. The Morgan fingerprint density at radius 3 is 1.91 bits per heavy atom. The van der Waals surface area contributed by atoms with Crippen LogP contribution in [0.1, 0.15) is 51.9 Å². The second kappa shape index (κ2) is 8.90. The van der Waals surface area contributed by atoms with Crippen LogP contribution in [0.25, 0.3) is 0 Å². The summed E-state index contributed by atoms with van der Waals surface area (Å²) >= 11 is 0. The zero-order chi connectivity index (χ0) is 15.4. The summed E-state index contributed by atoms with van der Waals surface area (Å²) in [6, 6.07) is 14.8. The minimum atomic E-state index is 0. The van der Waals surface area contributed by atoms with Gasteiger partial charge in [-0.25, -0.2) is 0 Å². The van der Waals surface area contributed by atoms with Crippen LogP contribution in [0.15, 0.2) is 42.5 Å². The van der Waals surface area contributed by atoms with Crippen molar-refractivity contribution < 1.29 is 37.5 Å². The van der Waals surface area contributed by atoms with Gasteiger partial charge in [0.15, 0.2) is 0 Å². The zero-order valence-electron chi connectivity index (χ0n) is 13.7. The molecule has 0 saturated carbocycles. The van der Waals surface area contributed by atoms with Gasteiger partial charge < -0.3 is 6.92 Å². The number of carbonyl (C=O) groups is 1. The molecule has 0 saturated heterocycles. The Balaban J connectivity index is 0.000000169. The summed E-state index contributed by atoms with van der Waals surface area (Å²) in [4.78, 5) is 11.4. The van der Waals surface area contributed by atoms with E-state index in [1.165, 1.54) is 43.2 Å². The molecule has 4 rings (SSSR count). The molecular weight excluding hydrogens is 357 g/mol. The van der Waals surface area contributed by atoms with Gasteiger partial charge in [-0.15, -0.1) is 6.42 Å². The van der Waals surface area contributed by atoms with Crippen LogP contribution in [-0.4, -0.2) is 5.78 Å². The smallest absolute Gasteiger partial charge is 0.133 e. The summed E-state index contributed by atoms with van der Waals surface area (Å²) in [7, 11) is 0. The van der Waals surface area contributed by atoms with Crippen molar-refractivity contribution in [1.29, 1.82) is 0 Å². The molecule has 2 aliphatic carbocycles. The van der Waals surface area contributed by atoms with Crippen LogP contribution in [0.4, 0.5) is 0 Å². The van der Waals surface area contributed by atoms with Crippen molar-refractivity contribution in [2.45, 2.75) is 44.9 Å². The van der Waals surface area contributed by atoms with Crippen molar-refractivity contribution in [1.82, 2.24) is 0 Å². The molecule has 117 valence electrons. The Labute approximate surface area is 164 Å². The third kappa shape index (κ3) is 4.61. The fourth-order valence-corrected chi connectivity index (χ4v) is 3.40. The SMILES string of the molecule is [CH2-]CC(=O)c1ccc2c(c1)CCC2.[Y].c1ccc2c(c1)CCC2. The maximum atomic E-state index is 11.4. The minimum absolute atomic E-state index is 0. The molecule has 1 nitrogen and oxygen atoms in total. The molecule has 0 bridgehead atoms. The number of aryl methyl sites for hydroxylation is 4. The van der Waals surface area contributed by atoms with E-state index >= 15 is 0 Å². The number of hydrogen-bond donors (Lipinski definition) is 0. The first-order valence-electron chi connectivity index (χ1n) is 8.29. The van der Waals surface area contributed by atoms with Crippen molar-refractivity contribution in [3.05, 3.63) is 77.2 Å². The van der Waals surface area contributed by atoms with E-state index in [9.17, 15) is 4.79 Å². The molecule has 2 aromatic carbocycles. The summed E-state index contributed by atoms with van der Waals surface area (Å²) in [5.74, 6) is 0.148. The molecule has 0 amide bonds. The molecule has 0 atom stereocenters. The van der Waals surface area contributed by atoms with Crippen molar-refractivity contribution in [3.63, 3.8) is 0 Å². The number of fused-ring (bicyclic) bond motifs is 2. The Bertz CT molecular complexity index is 652. The summed E-state index contributed by atoms with van der Waals surface area (Å²) in [6.45, 7) is 3.61. The standard InChI is InChI=1S/C12H13O.C9H10.Y/c1-2-12(13)11-7-6-9-4-3-5-10(9)8-11;1-2-5-9-7-3-6-8(9)4-1;/h6-8H,1-5H2;1-2,4-5H,3,6-7H2;/q-1;;. The summed E-state index contributed by atoms with van der Waals surface area (Å²) in [5.41, 5.74) is 6.74. The van der Waals surface area contributed by atoms with Gasteiger partial charge in [0.2, 0.25) is 0 Å². The molecule has 0 aliphatic heterocycles. The fourth-order valence-electron chi connectivity index (χ4n) is 3.40. The third-order valence-corrected chi connectivity index (χ3v) is 4.66. The number of benzene rings is 2. The second-order valence-electron chi connectivity index (χ2n) is 6.13. The van der Waals surface area contributed by atoms with Crippen molar-refractivity contribution in [3.8, 4) is 0 Å². The van der Waals surface area contributed by atoms with E-state index in [1.54, 1.807) is 11.1 Å². The summed E-state index contributed by atoms with van der Waals surface area (Å²) in [5, 5.41) is 0. The van der Waals surface area contributed by atoms with Crippen molar-refractivity contribution >= 4 is 5.78 Å². The average Bonchev–Trinajstić information content (AvgIpc) is 3.22. The zero-order valence-corrected chi connectivity index (χ0v) is 16.5. The van der Waals surface area contributed by atoms with Crippen molar-refractivity contribution in [2.24, 2.45) is 0 Å². The second-order valence-corrected chi connectivity index (χ2v) is 6.13. The monoisotopic (exact) mass is 380 g/mol.